The molecule has 0 unspecified atom stereocenters. The number of amides is 2. The molecule has 0 atom stereocenters. The number of nitrogens with zero attached hydrogens (tertiary/aromatic N) is 2. The summed E-state index contributed by atoms with van der Waals surface area (Å²) in [5.74, 6) is -0.496. The zero-order valence-electron chi connectivity index (χ0n) is 16.1. The first kappa shape index (κ1) is 21.9. The predicted molar refractivity (Wildman–Crippen MR) is 123 cm³/mol. The summed E-state index contributed by atoms with van der Waals surface area (Å²) in [4.78, 5) is 26.1. The van der Waals surface area contributed by atoms with Crippen molar-refractivity contribution in [3.05, 3.63) is 57.7 Å². The third kappa shape index (κ3) is 6.95. The molecule has 7 heteroatoms. The van der Waals surface area contributed by atoms with Gasteiger partial charge in [0.15, 0.2) is 0 Å². The molecule has 28 heavy (non-hydrogen) atoms. The molecule has 0 aliphatic rings. The van der Waals surface area contributed by atoms with Gasteiger partial charge < -0.3 is 10.2 Å². The topological polar surface area (TPSA) is 73.8 Å². The smallest absolute Gasteiger partial charge is 0.240 e. The number of carbonyl (C=O) groups excluding carboxylic acids is 2. The maximum absolute atomic E-state index is 12.0. The third-order valence-electron chi connectivity index (χ3n) is 4.15. The van der Waals surface area contributed by atoms with Gasteiger partial charge in [0.2, 0.25) is 11.8 Å². The number of hydrazone groups is 1. The highest BCUT2D eigenvalue weighted by Crippen LogP contribution is 2.17. The van der Waals surface area contributed by atoms with Crippen LogP contribution in [0.2, 0.25) is 0 Å². The van der Waals surface area contributed by atoms with Crippen LogP contribution in [0, 0.1) is 3.57 Å². The lowest BCUT2D eigenvalue weighted by Gasteiger charge is -2.20. The van der Waals surface area contributed by atoms with Crippen molar-refractivity contribution in [3.63, 3.8) is 0 Å². The number of benzene rings is 2. The molecule has 0 spiro atoms. The average molecular weight is 492 g/mol. The van der Waals surface area contributed by atoms with Gasteiger partial charge >= 0.3 is 0 Å². The van der Waals surface area contributed by atoms with Crippen LogP contribution in [-0.2, 0) is 9.59 Å². The first-order chi connectivity index (χ1) is 13.5. The number of hydrogen-bond acceptors (Lipinski definition) is 4. The van der Waals surface area contributed by atoms with Crippen molar-refractivity contribution in [1.82, 2.24) is 5.43 Å². The van der Waals surface area contributed by atoms with Gasteiger partial charge in [-0.05, 0) is 66.3 Å². The molecule has 0 heterocycles. The van der Waals surface area contributed by atoms with Gasteiger partial charge in [0.05, 0.1) is 11.9 Å². The molecule has 0 aliphatic heterocycles. The Morgan fingerprint density at radius 2 is 1.64 bits per heavy atom. The van der Waals surface area contributed by atoms with Gasteiger partial charge in [-0.15, -0.1) is 0 Å². The number of nitrogens with one attached hydrogen (secondary N) is 2. The lowest BCUT2D eigenvalue weighted by Crippen LogP contribution is -2.21. The van der Waals surface area contributed by atoms with E-state index in [-0.39, 0.29) is 24.7 Å². The number of rotatable bonds is 9. The maximum atomic E-state index is 12.0. The predicted octanol–water partition coefficient (Wildman–Crippen LogP) is 4.01. The fourth-order valence-corrected chi connectivity index (χ4v) is 3.12. The van der Waals surface area contributed by atoms with Gasteiger partial charge in [-0.1, -0.05) is 24.3 Å². The number of halogens is 1. The van der Waals surface area contributed by atoms with Crippen LogP contribution in [-0.4, -0.2) is 31.1 Å². The molecule has 0 aliphatic carbocycles. The molecular weight excluding hydrogens is 467 g/mol. The van der Waals surface area contributed by atoms with E-state index in [0.717, 1.165) is 33.6 Å². The zero-order chi connectivity index (χ0) is 20.4. The molecular formula is C21H25IN4O2. The van der Waals surface area contributed by atoms with E-state index in [1.54, 1.807) is 6.21 Å². The molecule has 0 radical (unpaired) electrons. The Balaban J connectivity index is 1.76. The summed E-state index contributed by atoms with van der Waals surface area (Å²) < 4.78 is 0.953. The van der Waals surface area contributed by atoms with Crippen molar-refractivity contribution in [2.75, 3.05) is 23.3 Å². The summed E-state index contributed by atoms with van der Waals surface area (Å²) in [5, 5.41) is 6.76. The molecule has 0 fully saturated rings. The standard InChI is InChI=1S/C21H25IN4O2/c1-3-26(4-2)17-11-9-16(10-12-17)15-23-25-21(28)14-13-20(27)24-19-8-6-5-7-18(19)22/h5-12,15H,3-4,13-14H2,1-2H3,(H,24,27)(H,25,28). The highest BCUT2D eigenvalue weighted by molar-refractivity contribution is 14.1. The maximum Gasteiger partial charge on any atom is 0.240 e. The number of carbonyl (C=O) groups is 2. The van der Waals surface area contributed by atoms with Crippen molar-refractivity contribution >= 4 is 52.0 Å². The minimum atomic E-state index is -0.297. The molecule has 0 saturated carbocycles. The first-order valence-corrected chi connectivity index (χ1v) is 10.3. The summed E-state index contributed by atoms with van der Waals surface area (Å²) >= 11 is 2.15. The molecule has 2 aromatic rings. The van der Waals surface area contributed by atoms with Gasteiger partial charge in [0.25, 0.3) is 0 Å². The van der Waals surface area contributed by atoms with Crippen molar-refractivity contribution < 1.29 is 9.59 Å². The fraction of sp³-hybridized carbons (Fsp3) is 0.286. The Bertz CT molecular complexity index is 817. The Kier molecular flexibility index (Phi) is 8.93. The van der Waals surface area contributed by atoms with Crippen molar-refractivity contribution in [1.29, 1.82) is 0 Å². The second kappa shape index (κ2) is 11.4. The molecule has 148 valence electrons. The molecule has 0 bridgehead atoms. The minimum absolute atomic E-state index is 0.0769. The fourth-order valence-electron chi connectivity index (χ4n) is 2.60. The van der Waals surface area contributed by atoms with Crippen molar-refractivity contribution in [2.45, 2.75) is 26.7 Å². The lowest BCUT2D eigenvalue weighted by atomic mass is 10.2. The second-order valence-corrected chi connectivity index (χ2v) is 7.25. The highest BCUT2D eigenvalue weighted by atomic mass is 127. The van der Waals surface area contributed by atoms with E-state index in [9.17, 15) is 9.59 Å². The normalized spacial score (nSPS) is 10.7. The van der Waals surface area contributed by atoms with Gasteiger partial charge in [-0.2, -0.15) is 5.10 Å². The van der Waals surface area contributed by atoms with Crippen molar-refractivity contribution in [2.24, 2.45) is 5.10 Å². The van der Waals surface area contributed by atoms with Crippen molar-refractivity contribution in [3.8, 4) is 0 Å². The van der Waals surface area contributed by atoms with E-state index in [0.29, 0.717) is 0 Å². The van der Waals surface area contributed by atoms with E-state index in [4.69, 9.17) is 0 Å². The Morgan fingerprint density at radius 3 is 2.29 bits per heavy atom. The Hall–Kier alpha value is -2.42. The summed E-state index contributed by atoms with van der Waals surface area (Å²) in [6.45, 7) is 6.15. The van der Waals surface area contributed by atoms with Crippen LogP contribution in [0.25, 0.3) is 0 Å². The van der Waals surface area contributed by atoms with E-state index in [1.165, 1.54) is 0 Å². The summed E-state index contributed by atoms with van der Waals surface area (Å²) in [6, 6.07) is 15.5. The lowest BCUT2D eigenvalue weighted by molar-refractivity contribution is -0.124. The number of hydrogen-bond donors (Lipinski definition) is 2. The van der Waals surface area contributed by atoms with Crippen LogP contribution in [0.3, 0.4) is 0 Å². The van der Waals surface area contributed by atoms with Crippen LogP contribution in [0.5, 0.6) is 0 Å². The Labute approximate surface area is 179 Å². The van der Waals surface area contributed by atoms with E-state index in [2.05, 4.69) is 57.2 Å². The number of anilines is 2. The third-order valence-corrected chi connectivity index (χ3v) is 5.09. The summed E-state index contributed by atoms with van der Waals surface area (Å²) in [6.07, 6.45) is 1.77. The monoisotopic (exact) mass is 492 g/mol. The minimum Gasteiger partial charge on any atom is -0.372 e. The summed E-state index contributed by atoms with van der Waals surface area (Å²) in [5.41, 5.74) is 5.26. The largest absolute Gasteiger partial charge is 0.372 e. The highest BCUT2D eigenvalue weighted by Gasteiger charge is 2.08. The zero-order valence-corrected chi connectivity index (χ0v) is 18.3. The van der Waals surface area contributed by atoms with Crippen LogP contribution in [0.15, 0.2) is 53.6 Å². The van der Waals surface area contributed by atoms with Gasteiger partial charge in [-0.3, -0.25) is 9.59 Å². The molecule has 2 amide bonds. The van der Waals surface area contributed by atoms with Crippen LogP contribution in [0.1, 0.15) is 32.3 Å². The first-order valence-electron chi connectivity index (χ1n) is 9.24. The van der Waals surface area contributed by atoms with E-state index >= 15 is 0 Å². The van der Waals surface area contributed by atoms with Gasteiger partial charge in [0.1, 0.15) is 0 Å². The molecule has 0 saturated heterocycles. The van der Waals surface area contributed by atoms with Crippen LogP contribution in [0.4, 0.5) is 11.4 Å². The van der Waals surface area contributed by atoms with Crippen LogP contribution >= 0.6 is 22.6 Å². The quantitative estimate of drug-likeness (QED) is 0.316. The van der Waals surface area contributed by atoms with Gasteiger partial charge in [-0.25, -0.2) is 5.43 Å². The molecule has 6 nitrogen and oxygen atoms in total. The molecule has 2 aromatic carbocycles. The average Bonchev–Trinajstić information content (AvgIpc) is 2.70. The molecule has 0 aromatic heterocycles. The Morgan fingerprint density at radius 1 is 1.00 bits per heavy atom. The van der Waals surface area contributed by atoms with Crippen LogP contribution < -0.4 is 15.6 Å². The molecule has 2 rings (SSSR count). The van der Waals surface area contributed by atoms with Gasteiger partial charge in [0, 0.05) is 35.2 Å². The van der Waals surface area contributed by atoms with E-state index < -0.39 is 0 Å². The van der Waals surface area contributed by atoms with E-state index in [1.807, 2.05) is 48.5 Å². The summed E-state index contributed by atoms with van der Waals surface area (Å²) in [7, 11) is 0. The SMILES string of the molecule is CCN(CC)c1ccc(C=NNC(=O)CCC(=O)Nc2ccccc2I)cc1. The molecule has 2 N–H and O–H groups in total. The second-order valence-electron chi connectivity index (χ2n) is 6.09. The number of para-hydroxylation sites is 1.